The van der Waals surface area contributed by atoms with Crippen LogP contribution in [0.25, 0.3) is 0 Å². The molecule has 2 nitrogen and oxygen atoms in total. The Bertz CT molecular complexity index is 762. The van der Waals surface area contributed by atoms with Gasteiger partial charge in [-0.1, -0.05) is 54.1 Å². The van der Waals surface area contributed by atoms with Crippen LogP contribution in [0.5, 0.6) is 5.75 Å². The molecular formula is C20H17FO2. The van der Waals surface area contributed by atoms with E-state index in [1.807, 2.05) is 31.2 Å². The lowest BCUT2D eigenvalue weighted by molar-refractivity contribution is 0.125. The lowest BCUT2D eigenvalue weighted by Crippen LogP contribution is -2.28. The molecule has 0 aliphatic heterocycles. The first-order valence-corrected chi connectivity index (χ1v) is 7.35. The van der Waals surface area contributed by atoms with E-state index in [-0.39, 0.29) is 11.6 Å². The number of aromatic hydroxyl groups is 1. The Labute approximate surface area is 134 Å². The predicted octanol–water partition coefficient (Wildman–Crippen LogP) is 4.12. The van der Waals surface area contributed by atoms with Crippen molar-refractivity contribution < 1.29 is 14.6 Å². The van der Waals surface area contributed by atoms with Gasteiger partial charge in [0.25, 0.3) is 0 Å². The normalized spacial score (nSPS) is 13.5. The Morgan fingerprint density at radius 2 is 1.35 bits per heavy atom. The molecule has 23 heavy (non-hydrogen) atoms. The highest BCUT2D eigenvalue weighted by Crippen LogP contribution is 2.37. The second kappa shape index (κ2) is 5.86. The van der Waals surface area contributed by atoms with Crippen molar-refractivity contribution in [2.24, 2.45) is 0 Å². The largest absolute Gasteiger partial charge is 0.508 e. The molecule has 0 radical (unpaired) electrons. The SMILES string of the molecule is Cc1cccc(C(O)(c2ccc(O)cc2)c2ccc(F)cc2)c1. The Morgan fingerprint density at radius 1 is 0.783 bits per heavy atom. The maximum Gasteiger partial charge on any atom is 0.140 e. The van der Waals surface area contributed by atoms with Gasteiger partial charge in [-0.2, -0.15) is 0 Å². The minimum atomic E-state index is -1.42. The first-order valence-electron chi connectivity index (χ1n) is 7.35. The number of aliphatic hydroxyl groups is 1. The molecule has 0 fully saturated rings. The van der Waals surface area contributed by atoms with Crippen molar-refractivity contribution in [1.29, 1.82) is 0 Å². The number of halogens is 1. The van der Waals surface area contributed by atoms with Crippen LogP contribution in [0, 0.1) is 12.7 Å². The maximum atomic E-state index is 13.3. The van der Waals surface area contributed by atoms with Gasteiger partial charge in [-0.05, 0) is 47.9 Å². The fourth-order valence-electron chi connectivity index (χ4n) is 2.76. The summed E-state index contributed by atoms with van der Waals surface area (Å²) in [6.07, 6.45) is 0. The van der Waals surface area contributed by atoms with Crippen LogP contribution >= 0.6 is 0 Å². The van der Waals surface area contributed by atoms with Gasteiger partial charge < -0.3 is 10.2 Å². The molecule has 0 aromatic heterocycles. The third-order valence-electron chi connectivity index (χ3n) is 3.98. The summed E-state index contributed by atoms with van der Waals surface area (Å²) < 4.78 is 13.3. The fourth-order valence-corrected chi connectivity index (χ4v) is 2.76. The van der Waals surface area contributed by atoms with E-state index in [9.17, 15) is 14.6 Å². The van der Waals surface area contributed by atoms with E-state index in [1.54, 1.807) is 24.3 Å². The minimum Gasteiger partial charge on any atom is -0.508 e. The van der Waals surface area contributed by atoms with Gasteiger partial charge in [0.05, 0.1) is 0 Å². The number of aryl methyl sites for hydroxylation is 1. The second-order valence-corrected chi connectivity index (χ2v) is 5.63. The second-order valence-electron chi connectivity index (χ2n) is 5.63. The molecule has 2 N–H and O–H groups in total. The highest BCUT2D eigenvalue weighted by molar-refractivity contribution is 5.48. The molecule has 0 spiro atoms. The molecule has 1 unspecified atom stereocenters. The van der Waals surface area contributed by atoms with Gasteiger partial charge in [-0.3, -0.25) is 0 Å². The number of phenols is 1. The number of phenolic OH excluding ortho intramolecular Hbond substituents is 1. The van der Waals surface area contributed by atoms with Crippen molar-refractivity contribution in [1.82, 2.24) is 0 Å². The van der Waals surface area contributed by atoms with E-state index in [0.717, 1.165) is 5.56 Å². The zero-order valence-corrected chi connectivity index (χ0v) is 12.7. The van der Waals surface area contributed by atoms with Crippen LogP contribution in [0.4, 0.5) is 4.39 Å². The van der Waals surface area contributed by atoms with Gasteiger partial charge in [-0.25, -0.2) is 4.39 Å². The summed E-state index contributed by atoms with van der Waals surface area (Å²) in [4.78, 5) is 0. The summed E-state index contributed by atoms with van der Waals surface area (Å²) in [5, 5.41) is 21.0. The standard InChI is InChI=1S/C20H17FO2/c1-14-3-2-4-17(13-14)20(23,15-5-9-18(21)10-6-15)16-7-11-19(22)12-8-16/h2-13,22-23H,1H3. The van der Waals surface area contributed by atoms with E-state index in [4.69, 9.17) is 0 Å². The van der Waals surface area contributed by atoms with E-state index in [2.05, 4.69) is 0 Å². The van der Waals surface area contributed by atoms with Crippen molar-refractivity contribution in [2.75, 3.05) is 0 Å². The predicted molar refractivity (Wildman–Crippen MR) is 87.8 cm³/mol. The van der Waals surface area contributed by atoms with Gasteiger partial charge in [0, 0.05) is 0 Å². The number of benzene rings is 3. The van der Waals surface area contributed by atoms with Crippen LogP contribution in [0.15, 0.2) is 72.8 Å². The van der Waals surface area contributed by atoms with Crippen LogP contribution < -0.4 is 0 Å². The average molecular weight is 308 g/mol. The van der Waals surface area contributed by atoms with Crippen LogP contribution in [-0.4, -0.2) is 10.2 Å². The zero-order chi connectivity index (χ0) is 16.4. The monoisotopic (exact) mass is 308 g/mol. The number of hydrogen-bond acceptors (Lipinski definition) is 2. The molecule has 0 aliphatic rings. The van der Waals surface area contributed by atoms with Crippen molar-refractivity contribution >= 4 is 0 Å². The smallest absolute Gasteiger partial charge is 0.140 e. The van der Waals surface area contributed by atoms with E-state index >= 15 is 0 Å². The third kappa shape index (κ3) is 2.83. The lowest BCUT2D eigenvalue weighted by atomic mass is 9.80. The Kier molecular flexibility index (Phi) is 3.89. The van der Waals surface area contributed by atoms with Crippen LogP contribution in [0.3, 0.4) is 0 Å². The molecule has 0 saturated carbocycles. The molecule has 0 aliphatic carbocycles. The van der Waals surface area contributed by atoms with Crippen LogP contribution in [0.2, 0.25) is 0 Å². The molecular weight excluding hydrogens is 291 g/mol. The summed E-state index contributed by atoms with van der Waals surface area (Å²) in [5.74, 6) is -0.231. The van der Waals surface area contributed by atoms with E-state index < -0.39 is 5.60 Å². The molecule has 0 heterocycles. The molecule has 3 aromatic carbocycles. The van der Waals surface area contributed by atoms with Gasteiger partial charge in [0.1, 0.15) is 17.2 Å². The van der Waals surface area contributed by atoms with Crippen molar-refractivity contribution in [3.8, 4) is 5.75 Å². The Morgan fingerprint density at radius 3 is 1.91 bits per heavy atom. The number of rotatable bonds is 3. The van der Waals surface area contributed by atoms with Crippen LogP contribution in [-0.2, 0) is 5.60 Å². The van der Waals surface area contributed by atoms with Gasteiger partial charge in [0.15, 0.2) is 0 Å². The van der Waals surface area contributed by atoms with Gasteiger partial charge in [0.2, 0.25) is 0 Å². The number of hydrogen-bond donors (Lipinski definition) is 2. The first kappa shape index (κ1) is 15.3. The Hall–Kier alpha value is -2.65. The molecule has 3 aromatic rings. The van der Waals surface area contributed by atoms with Gasteiger partial charge >= 0.3 is 0 Å². The van der Waals surface area contributed by atoms with Crippen molar-refractivity contribution in [3.05, 3.63) is 101 Å². The summed E-state index contributed by atoms with van der Waals surface area (Å²) >= 11 is 0. The third-order valence-corrected chi connectivity index (χ3v) is 3.98. The van der Waals surface area contributed by atoms with E-state index in [1.165, 1.54) is 24.3 Å². The quantitative estimate of drug-likeness (QED) is 0.714. The van der Waals surface area contributed by atoms with Crippen LogP contribution in [0.1, 0.15) is 22.3 Å². The molecule has 1 atom stereocenters. The summed E-state index contributed by atoms with van der Waals surface area (Å²) in [6, 6.07) is 19.8. The topological polar surface area (TPSA) is 40.5 Å². The summed E-state index contributed by atoms with van der Waals surface area (Å²) in [5.41, 5.74) is 1.45. The van der Waals surface area contributed by atoms with Gasteiger partial charge in [-0.15, -0.1) is 0 Å². The lowest BCUT2D eigenvalue weighted by Gasteiger charge is -2.30. The average Bonchev–Trinajstić information content (AvgIpc) is 2.55. The highest BCUT2D eigenvalue weighted by Gasteiger charge is 2.33. The highest BCUT2D eigenvalue weighted by atomic mass is 19.1. The maximum absolute atomic E-state index is 13.3. The summed E-state index contributed by atoms with van der Waals surface area (Å²) in [7, 11) is 0. The summed E-state index contributed by atoms with van der Waals surface area (Å²) in [6.45, 7) is 1.95. The zero-order valence-electron chi connectivity index (χ0n) is 12.7. The van der Waals surface area contributed by atoms with Crippen molar-refractivity contribution in [3.63, 3.8) is 0 Å². The molecule has 3 rings (SSSR count). The molecule has 0 bridgehead atoms. The minimum absolute atomic E-state index is 0.124. The van der Waals surface area contributed by atoms with E-state index in [0.29, 0.717) is 16.7 Å². The fraction of sp³-hybridized carbons (Fsp3) is 0.100. The molecule has 0 amide bonds. The van der Waals surface area contributed by atoms with Crippen molar-refractivity contribution in [2.45, 2.75) is 12.5 Å². The molecule has 3 heteroatoms. The molecule has 116 valence electrons. The first-order chi connectivity index (χ1) is 11.0. The Balaban J connectivity index is 2.24. The molecule has 0 saturated heterocycles.